The van der Waals surface area contributed by atoms with Crippen LogP contribution in [0.3, 0.4) is 0 Å². The van der Waals surface area contributed by atoms with E-state index in [2.05, 4.69) is 0 Å². The fourth-order valence-corrected chi connectivity index (χ4v) is 2.80. The molecule has 0 fully saturated rings. The molecule has 0 heterocycles. The van der Waals surface area contributed by atoms with Gasteiger partial charge >= 0.3 is 0 Å². The minimum Gasteiger partial charge on any atom is -0.493 e. The zero-order valence-corrected chi connectivity index (χ0v) is 12.4. The highest BCUT2D eigenvalue weighted by Gasteiger charge is 2.10. The third-order valence-corrected chi connectivity index (χ3v) is 4.21. The summed E-state index contributed by atoms with van der Waals surface area (Å²) < 4.78 is 35.8. The molecule has 0 amide bonds. The maximum absolute atomic E-state index is 13.0. The molecule has 0 saturated heterocycles. The van der Waals surface area contributed by atoms with Crippen LogP contribution in [0.1, 0.15) is 0 Å². The van der Waals surface area contributed by atoms with Crippen molar-refractivity contribution in [2.75, 3.05) is 25.2 Å². The summed E-state index contributed by atoms with van der Waals surface area (Å²) >= 11 is 0. The van der Waals surface area contributed by atoms with Crippen molar-refractivity contribution in [3.8, 4) is 11.5 Å². The Bertz CT molecular complexity index is 649. The van der Waals surface area contributed by atoms with E-state index in [1.54, 1.807) is 19.2 Å². The second kappa shape index (κ2) is 7.08. The molecule has 2 aromatic rings. The van der Waals surface area contributed by atoms with Gasteiger partial charge in [0.25, 0.3) is 0 Å². The highest BCUT2D eigenvalue weighted by atomic mass is 32.2. The molecule has 0 aliphatic rings. The Balaban J connectivity index is 1.95. The summed E-state index contributed by atoms with van der Waals surface area (Å²) in [6, 6.07) is 11.1. The first-order chi connectivity index (χ1) is 10.1. The van der Waals surface area contributed by atoms with E-state index in [0.717, 1.165) is 6.07 Å². The Morgan fingerprint density at radius 1 is 1.19 bits per heavy atom. The van der Waals surface area contributed by atoms with Crippen molar-refractivity contribution < 1.29 is 18.1 Å². The van der Waals surface area contributed by atoms with Crippen LogP contribution in [0, 0.1) is 5.82 Å². The van der Waals surface area contributed by atoms with Gasteiger partial charge in [-0.05, 0) is 30.3 Å². The van der Waals surface area contributed by atoms with E-state index in [4.69, 9.17) is 15.2 Å². The highest BCUT2D eigenvalue weighted by molar-refractivity contribution is 7.85. The van der Waals surface area contributed by atoms with Crippen molar-refractivity contribution >= 4 is 16.5 Å². The second-order valence-electron chi connectivity index (χ2n) is 4.23. The van der Waals surface area contributed by atoms with Crippen LogP contribution in [-0.4, -0.2) is 23.7 Å². The standard InChI is InChI=1S/C15H16FNO3S/c1-19-13-4-2-3-5-14(13)20-8-9-21(18)15-7-6-11(16)10-12(15)17/h2-7,10H,8-9,17H2,1H3. The molecular formula is C15H16FNO3S. The Labute approximate surface area is 125 Å². The van der Waals surface area contributed by atoms with Crippen LogP contribution in [0.25, 0.3) is 0 Å². The number of ether oxygens (including phenoxy) is 2. The number of methoxy groups -OCH3 is 1. The number of hydrogen-bond donors (Lipinski definition) is 1. The fourth-order valence-electron chi connectivity index (χ4n) is 1.80. The van der Waals surface area contributed by atoms with Crippen molar-refractivity contribution in [2.45, 2.75) is 4.90 Å². The van der Waals surface area contributed by atoms with Crippen LogP contribution >= 0.6 is 0 Å². The molecule has 0 aromatic heterocycles. The topological polar surface area (TPSA) is 61.5 Å². The first-order valence-electron chi connectivity index (χ1n) is 6.31. The maximum atomic E-state index is 13.0. The van der Waals surface area contributed by atoms with E-state index in [1.165, 1.54) is 12.1 Å². The molecule has 0 radical (unpaired) electrons. The second-order valence-corrected chi connectivity index (χ2v) is 5.77. The summed E-state index contributed by atoms with van der Waals surface area (Å²) in [6.07, 6.45) is 0. The molecule has 21 heavy (non-hydrogen) atoms. The van der Waals surface area contributed by atoms with Gasteiger partial charge in [-0.15, -0.1) is 0 Å². The van der Waals surface area contributed by atoms with Crippen LogP contribution in [0.5, 0.6) is 11.5 Å². The smallest absolute Gasteiger partial charge is 0.161 e. The first kappa shape index (κ1) is 15.3. The number of halogens is 1. The quantitative estimate of drug-likeness (QED) is 0.833. The molecule has 0 saturated carbocycles. The molecule has 2 N–H and O–H groups in total. The van der Waals surface area contributed by atoms with E-state index in [9.17, 15) is 8.60 Å². The molecule has 112 valence electrons. The average Bonchev–Trinajstić information content (AvgIpc) is 2.47. The fraction of sp³-hybridized carbons (Fsp3) is 0.200. The zero-order chi connectivity index (χ0) is 15.2. The predicted molar refractivity (Wildman–Crippen MR) is 80.6 cm³/mol. The number of nitrogen functional groups attached to an aromatic ring is 1. The van der Waals surface area contributed by atoms with E-state index >= 15 is 0 Å². The summed E-state index contributed by atoms with van der Waals surface area (Å²) in [7, 11) is 0.212. The van der Waals surface area contributed by atoms with Gasteiger partial charge < -0.3 is 15.2 Å². The van der Waals surface area contributed by atoms with Gasteiger partial charge in [0.2, 0.25) is 0 Å². The zero-order valence-electron chi connectivity index (χ0n) is 11.5. The molecule has 0 aliphatic heterocycles. The van der Waals surface area contributed by atoms with Gasteiger partial charge in [-0.3, -0.25) is 4.21 Å². The molecule has 0 spiro atoms. The Hall–Kier alpha value is -2.08. The summed E-state index contributed by atoms with van der Waals surface area (Å²) in [5.41, 5.74) is 5.84. The first-order valence-corrected chi connectivity index (χ1v) is 7.63. The van der Waals surface area contributed by atoms with Gasteiger partial charge in [0.05, 0.1) is 34.2 Å². The van der Waals surface area contributed by atoms with Crippen LogP contribution in [-0.2, 0) is 10.8 Å². The lowest BCUT2D eigenvalue weighted by Crippen LogP contribution is -2.10. The van der Waals surface area contributed by atoms with Gasteiger partial charge in [0.15, 0.2) is 11.5 Å². The lowest BCUT2D eigenvalue weighted by Gasteiger charge is -2.10. The number of para-hydroxylation sites is 2. The van der Waals surface area contributed by atoms with Crippen LogP contribution in [0.2, 0.25) is 0 Å². The Morgan fingerprint density at radius 3 is 2.57 bits per heavy atom. The van der Waals surface area contributed by atoms with Crippen LogP contribution < -0.4 is 15.2 Å². The molecule has 0 bridgehead atoms. The monoisotopic (exact) mass is 309 g/mol. The largest absolute Gasteiger partial charge is 0.493 e. The number of benzene rings is 2. The van der Waals surface area contributed by atoms with Crippen LogP contribution in [0.4, 0.5) is 10.1 Å². The van der Waals surface area contributed by atoms with Crippen molar-refractivity contribution in [3.05, 3.63) is 48.3 Å². The van der Waals surface area contributed by atoms with Crippen molar-refractivity contribution in [1.82, 2.24) is 0 Å². The lowest BCUT2D eigenvalue weighted by molar-refractivity contribution is 0.313. The number of rotatable bonds is 6. The molecule has 6 heteroatoms. The van der Waals surface area contributed by atoms with Crippen molar-refractivity contribution in [2.24, 2.45) is 0 Å². The molecule has 2 rings (SSSR count). The van der Waals surface area contributed by atoms with Gasteiger partial charge in [-0.1, -0.05) is 12.1 Å². The Kier molecular flexibility index (Phi) is 5.16. The van der Waals surface area contributed by atoms with Crippen LogP contribution in [0.15, 0.2) is 47.4 Å². The molecule has 1 atom stereocenters. The predicted octanol–water partition coefficient (Wildman–Crippen LogP) is 2.60. The van der Waals surface area contributed by atoms with Crippen molar-refractivity contribution in [3.63, 3.8) is 0 Å². The van der Waals surface area contributed by atoms with Gasteiger partial charge in [0, 0.05) is 0 Å². The molecule has 2 aromatic carbocycles. The van der Waals surface area contributed by atoms with E-state index in [1.807, 2.05) is 12.1 Å². The normalized spacial score (nSPS) is 11.9. The minimum absolute atomic E-state index is 0.186. The van der Waals surface area contributed by atoms with E-state index in [-0.39, 0.29) is 18.0 Å². The summed E-state index contributed by atoms with van der Waals surface area (Å²) in [6.45, 7) is 0.240. The maximum Gasteiger partial charge on any atom is 0.161 e. The Morgan fingerprint density at radius 2 is 1.90 bits per heavy atom. The van der Waals surface area contributed by atoms with E-state index < -0.39 is 16.6 Å². The lowest BCUT2D eigenvalue weighted by atomic mass is 10.3. The minimum atomic E-state index is -1.34. The van der Waals surface area contributed by atoms with E-state index in [0.29, 0.717) is 16.4 Å². The molecule has 1 unspecified atom stereocenters. The molecule has 0 aliphatic carbocycles. The van der Waals surface area contributed by atoms with Crippen molar-refractivity contribution in [1.29, 1.82) is 0 Å². The number of nitrogens with two attached hydrogens (primary N) is 1. The summed E-state index contributed by atoms with van der Waals surface area (Å²) in [5, 5.41) is 0. The molecule has 4 nitrogen and oxygen atoms in total. The number of hydrogen-bond acceptors (Lipinski definition) is 4. The highest BCUT2D eigenvalue weighted by Crippen LogP contribution is 2.26. The third kappa shape index (κ3) is 3.95. The summed E-state index contributed by atoms with van der Waals surface area (Å²) in [4.78, 5) is 0.417. The number of anilines is 1. The molecular weight excluding hydrogens is 293 g/mol. The van der Waals surface area contributed by atoms with Gasteiger partial charge in [-0.25, -0.2) is 4.39 Å². The summed E-state index contributed by atoms with van der Waals surface area (Å²) in [5.74, 6) is 1.01. The average molecular weight is 309 g/mol. The van der Waals surface area contributed by atoms with Gasteiger partial charge in [-0.2, -0.15) is 0 Å². The van der Waals surface area contributed by atoms with Gasteiger partial charge in [0.1, 0.15) is 12.4 Å². The SMILES string of the molecule is COc1ccccc1OCCS(=O)c1ccc(F)cc1N. The third-order valence-electron chi connectivity index (χ3n) is 2.81.